The lowest BCUT2D eigenvalue weighted by Gasteiger charge is -2.28. The number of benzene rings is 1. The molecule has 9 heteroatoms. The summed E-state index contributed by atoms with van der Waals surface area (Å²) in [5, 5.41) is 8.47. The van der Waals surface area contributed by atoms with Gasteiger partial charge in [-0.25, -0.2) is 9.48 Å². The van der Waals surface area contributed by atoms with E-state index in [1.54, 1.807) is 30.5 Å². The molecule has 1 aromatic heterocycles. The van der Waals surface area contributed by atoms with Crippen molar-refractivity contribution in [3.05, 3.63) is 35.0 Å². The first-order valence-electron chi connectivity index (χ1n) is 9.58. The van der Waals surface area contributed by atoms with Crippen molar-refractivity contribution in [3.8, 4) is 11.5 Å². The number of rotatable bonds is 8. The van der Waals surface area contributed by atoms with Gasteiger partial charge in [-0.2, -0.15) is 4.98 Å². The number of methoxy groups -OCH3 is 1. The molecule has 0 bridgehead atoms. The quantitative estimate of drug-likeness (QED) is 0.513. The molecule has 0 aliphatic carbocycles. The van der Waals surface area contributed by atoms with Gasteiger partial charge in [0.2, 0.25) is 11.1 Å². The minimum absolute atomic E-state index is 0.288. The highest BCUT2D eigenvalue weighted by Gasteiger charge is 2.35. The van der Waals surface area contributed by atoms with E-state index in [9.17, 15) is 4.79 Å². The van der Waals surface area contributed by atoms with Crippen LogP contribution in [-0.4, -0.2) is 46.8 Å². The molecule has 0 saturated carbocycles. The van der Waals surface area contributed by atoms with Crippen LogP contribution in [0.5, 0.6) is 11.5 Å². The molecule has 1 aliphatic heterocycles. The molecule has 8 nitrogen and oxygen atoms in total. The Kier molecular flexibility index (Phi) is 6.68. The molecule has 156 valence electrons. The van der Waals surface area contributed by atoms with Gasteiger partial charge in [0, 0.05) is 5.70 Å². The third-order valence-electron chi connectivity index (χ3n) is 4.41. The largest absolute Gasteiger partial charge is 0.493 e. The van der Waals surface area contributed by atoms with Crippen molar-refractivity contribution in [1.29, 1.82) is 0 Å². The summed E-state index contributed by atoms with van der Waals surface area (Å²) in [6, 6.07) is 5.12. The number of fused-ring (bicyclic) bond motifs is 1. The number of nitrogens with zero attached hydrogens (tertiary/aromatic N) is 3. The van der Waals surface area contributed by atoms with Crippen molar-refractivity contribution in [3.63, 3.8) is 0 Å². The molecule has 0 radical (unpaired) electrons. The molecule has 0 amide bonds. The van der Waals surface area contributed by atoms with Crippen LogP contribution in [0.1, 0.15) is 39.3 Å². The van der Waals surface area contributed by atoms with Gasteiger partial charge in [-0.15, -0.1) is 5.10 Å². The summed E-state index contributed by atoms with van der Waals surface area (Å²) < 4.78 is 18.2. The van der Waals surface area contributed by atoms with Crippen LogP contribution in [0.3, 0.4) is 0 Å². The van der Waals surface area contributed by atoms with Crippen molar-refractivity contribution in [1.82, 2.24) is 14.8 Å². The van der Waals surface area contributed by atoms with Crippen LogP contribution in [-0.2, 0) is 9.53 Å². The van der Waals surface area contributed by atoms with Crippen LogP contribution in [0.25, 0.3) is 0 Å². The third-order valence-corrected chi connectivity index (χ3v) is 5.13. The lowest BCUT2D eigenvalue weighted by molar-refractivity contribution is -0.139. The molecule has 1 unspecified atom stereocenters. The Morgan fingerprint density at radius 1 is 1.24 bits per heavy atom. The van der Waals surface area contributed by atoms with Crippen molar-refractivity contribution < 1.29 is 19.0 Å². The SMILES string of the molecule is CCOC(=O)C1=C(C)Nc2nc(SCC)nn2C1c1ccc(OC)c(OCC)c1. The Morgan fingerprint density at radius 3 is 2.69 bits per heavy atom. The molecular formula is C20H26N4O4S. The van der Waals surface area contributed by atoms with E-state index in [1.807, 2.05) is 39.0 Å². The Morgan fingerprint density at radius 2 is 2.03 bits per heavy atom. The normalized spacial score (nSPS) is 15.6. The van der Waals surface area contributed by atoms with Gasteiger partial charge in [0.15, 0.2) is 11.5 Å². The molecular weight excluding hydrogens is 392 g/mol. The first-order valence-corrected chi connectivity index (χ1v) is 10.6. The number of ether oxygens (including phenoxy) is 3. The molecule has 1 atom stereocenters. The lowest BCUT2D eigenvalue weighted by Crippen LogP contribution is -2.29. The Bertz CT molecular complexity index is 925. The van der Waals surface area contributed by atoms with Crippen molar-refractivity contribution in [2.45, 2.75) is 38.9 Å². The van der Waals surface area contributed by atoms with Gasteiger partial charge >= 0.3 is 5.97 Å². The van der Waals surface area contributed by atoms with E-state index in [2.05, 4.69) is 15.4 Å². The molecule has 0 fully saturated rings. The van der Waals surface area contributed by atoms with Crippen molar-refractivity contribution in [2.75, 3.05) is 31.4 Å². The summed E-state index contributed by atoms with van der Waals surface area (Å²) in [4.78, 5) is 17.4. The average Bonchev–Trinajstić information content (AvgIpc) is 3.09. The van der Waals surface area contributed by atoms with Gasteiger partial charge in [-0.3, -0.25) is 0 Å². The number of esters is 1. The third kappa shape index (κ3) is 4.19. The van der Waals surface area contributed by atoms with E-state index in [-0.39, 0.29) is 12.6 Å². The number of anilines is 1. The summed E-state index contributed by atoms with van der Waals surface area (Å²) in [5.74, 6) is 2.29. The van der Waals surface area contributed by atoms with Gasteiger partial charge < -0.3 is 19.5 Å². The Labute approximate surface area is 174 Å². The summed E-state index contributed by atoms with van der Waals surface area (Å²) >= 11 is 1.54. The van der Waals surface area contributed by atoms with E-state index in [1.165, 1.54) is 0 Å². The highest BCUT2D eigenvalue weighted by molar-refractivity contribution is 7.99. The van der Waals surface area contributed by atoms with Gasteiger partial charge in [0.05, 0.1) is 25.9 Å². The predicted octanol–water partition coefficient (Wildman–Crippen LogP) is 3.65. The fraction of sp³-hybridized carbons (Fsp3) is 0.450. The second-order valence-electron chi connectivity index (χ2n) is 6.23. The Balaban J connectivity index is 2.16. The standard InChI is InChI=1S/C20H26N4O4S/c1-6-27-15-11-13(9-10-14(15)26-5)17-16(18(25)28-7-2)12(4)21-19-22-20(29-8-3)23-24(17)19/h9-11,17H,6-8H2,1-5H3,(H,21,22,23). The molecule has 3 rings (SSSR count). The average molecular weight is 419 g/mol. The maximum absolute atomic E-state index is 12.8. The van der Waals surface area contributed by atoms with E-state index in [4.69, 9.17) is 14.2 Å². The summed E-state index contributed by atoms with van der Waals surface area (Å²) in [7, 11) is 1.60. The van der Waals surface area contributed by atoms with Gasteiger partial charge in [-0.1, -0.05) is 24.8 Å². The van der Waals surface area contributed by atoms with Crippen LogP contribution >= 0.6 is 11.8 Å². The first-order chi connectivity index (χ1) is 14.0. The van der Waals surface area contributed by atoms with E-state index in [0.29, 0.717) is 40.5 Å². The fourth-order valence-corrected chi connectivity index (χ4v) is 3.79. The lowest BCUT2D eigenvalue weighted by atomic mass is 9.95. The molecule has 1 aliphatic rings. The van der Waals surface area contributed by atoms with Crippen molar-refractivity contribution >= 4 is 23.7 Å². The van der Waals surface area contributed by atoms with Gasteiger partial charge in [-0.05, 0) is 44.2 Å². The number of nitrogens with one attached hydrogen (secondary N) is 1. The molecule has 0 spiro atoms. The predicted molar refractivity (Wildman–Crippen MR) is 112 cm³/mol. The monoisotopic (exact) mass is 418 g/mol. The molecule has 1 aromatic carbocycles. The van der Waals surface area contributed by atoms with Crippen LogP contribution in [0.4, 0.5) is 5.95 Å². The maximum Gasteiger partial charge on any atom is 0.338 e. The fourth-order valence-electron chi connectivity index (χ4n) is 3.23. The van der Waals surface area contributed by atoms with Crippen LogP contribution in [0.2, 0.25) is 0 Å². The van der Waals surface area contributed by atoms with Crippen LogP contribution in [0, 0.1) is 0 Å². The van der Waals surface area contributed by atoms with Crippen molar-refractivity contribution in [2.24, 2.45) is 0 Å². The van der Waals surface area contributed by atoms with E-state index < -0.39 is 6.04 Å². The smallest absolute Gasteiger partial charge is 0.338 e. The zero-order valence-corrected chi connectivity index (χ0v) is 18.1. The molecule has 29 heavy (non-hydrogen) atoms. The second kappa shape index (κ2) is 9.21. The number of aromatic nitrogens is 3. The first kappa shape index (κ1) is 21.0. The maximum atomic E-state index is 12.8. The highest BCUT2D eigenvalue weighted by atomic mass is 32.2. The van der Waals surface area contributed by atoms with E-state index in [0.717, 1.165) is 11.3 Å². The topological polar surface area (TPSA) is 87.5 Å². The molecule has 0 saturated heterocycles. The molecule has 1 N–H and O–H groups in total. The Hall–Kier alpha value is -2.68. The number of carbonyl (C=O) groups excluding carboxylic acids is 1. The number of thioether (sulfide) groups is 1. The zero-order chi connectivity index (χ0) is 21.0. The van der Waals surface area contributed by atoms with Gasteiger partial charge in [0.25, 0.3) is 0 Å². The number of allylic oxidation sites excluding steroid dienone is 1. The minimum atomic E-state index is -0.492. The summed E-state index contributed by atoms with van der Waals surface area (Å²) in [6.07, 6.45) is 0. The van der Waals surface area contributed by atoms with Gasteiger partial charge in [0.1, 0.15) is 6.04 Å². The number of hydrogen-bond acceptors (Lipinski definition) is 8. The van der Waals surface area contributed by atoms with Crippen LogP contribution < -0.4 is 14.8 Å². The molecule has 2 aromatic rings. The molecule has 2 heterocycles. The summed E-state index contributed by atoms with van der Waals surface area (Å²) in [5.41, 5.74) is 2.01. The van der Waals surface area contributed by atoms with E-state index >= 15 is 0 Å². The minimum Gasteiger partial charge on any atom is -0.493 e. The second-order valence-corrected chi connectivity index (χ2v) is 7.46. The summed E-state index contributed by atoms with van der Waals surface area (Å²) in [6.45, 7) is 8.37. The number of hydrogen-bond donors (Lipinski definition) is 1. The number of carbonyl (C=O) groups is 1. The highest BCUT2D eigenvalue weighted by Crippen LogP contribution is 2.39. The van der Waals surface area contributed by atoms with Crippen LogP contribution in [0.15, 0.2) is 34.6 Å². The zero-order valence-electron chi connectivity index (χ0n) is 17.3.